The number of anilines is 2. The molecule has 1 aliphatic rings. The third-order valence-electron chi connectivity index (χ3n) is 3.07. The van der Waals surface area contributed by atoms with Gasteiger partial charge in [0.25, 0.3) is 0 Å². The lowest BCUT2D eigenvalue weighted by Gasteiger charge is -2.15. The summed E-state index contributed by atoms with van der Waals surface area (Å²) in [6.07, 6.45) is 2.00. The highest BCUT2D eigenvalue weighted by Crippen LogP contribution is 2.34. The van der Waals surface area contributed by atoms with Gasteiger partial charge >= 0.3 is 5.69 Å². The molecule has 1 aliphatic heterocycles. The van der Waals surface area contributed by atoms with Crippen molar-refractivity contribution in [2.75, 3.05) is 28.7 Å². The van der Waals surface area contributed by atoms with Crippen LogP contribution in [0.5, 0.6) is 0 Å². The largest absolute Gasteiger partial charge is 0.379 e. The van der Waals surface area contributed by atoms with Crippen LogP contribution in [0.1, 0.15) is 19.8 Å². The van der Waals surface area contributed by atoms with E-state index in [2.05, 4.69) is 10.6 Å². The minimum absolute atomic E-state index is 0.160. The van der Waals surface area contributed by atoms with Gasteiger partial charge in [-0.15, -0.1) is 0 Å². The Morgan fingerprint density at radius 1 is 1.47 bits per heavy atom. The van der Waals surface area contributed by atoms with Crippen molar-refractivity contribution in [2.24, 2.45) is 0 Å². The Bertz CT molecular complexity index is 448. The zero-order valence-electron chi connectivity index (χ0n) is 11.0. The highest BCUT2D eigenvalue weighted by atomic mass is 32.2. The molecule has 1 atom stereocenters. The second kappa shape index (κ2) is 6.65. The van der Waals surface area contributed by atoms with E-state index in [1.54, 1.807) is 12.1 Å². The summed E-state index contributed by atoms with van der Waals surface area (Å²) in [7, 11) is 0. The van der Waals surface area contributed by atoms with Gasteiger partial charge in [-0.05, 0) is 30.7 Å². The van der Waals surface area contributed by atoms with Gasteiger partial charge in [-0.1, -0.05) is 13.0 Å². The normalized spacial score (nSPS) is 18.3. The first kappa shape index (κ1) is 14.0. The maximum absolute atomic E-state index is 11.3. The van der Waals surface area contributed by atoms with Crippen LogP contribution >= 0.6 is 11.8 Å². The fourth-order valence-electron chi connectivity index (χ4n) is 2.13. The van der Waals surface area contributed by atoms with Crippen molar-refractivity contribution < 1.29 is 4.92 Å². The van der Waals surface area contributed by atoms with Crippen molar-refractivity contribution >= 4 is 28.8 Å². The third kappa shape index (κ3) is 3.53. The molecule has 1 unspecified atom stereocenters. The average molecular weight is 281 g/mol. The van der Waals surface area contributed by atoms with E-state index < -0.39 is 0 Å². The zero-order valence-corrected chi connectivity index (χ0v) is 11.8. The topological polar surface area (TPSA) is 67.2 Å². The van der Waals surface area contributed by atoms with E-state index in [0.717, 1.165) is 30.9 Å². The second-order valence-corrected chi connectivity index (χ2v) is 5.74. The van der Waals surface area contributed by atoms with Gasteiger partial charge in [0, 0.05) is 18.3 Å². The Kier molecular flexibility index (Phi) is 4.90. The molecule has 0 aliphatic carbocycles. The fourth-order valence-corrected chi connectivity index (χ4v) is 3.28. The molecule has 1 saturated heterocycles. The Labute approximate surface area is 117 Å². The summed E-state index contributed by atoms with van der Waals surface area (Å²) in [6, 6.07) is 5.75. The molecule has 2 N–H and O–H groups in total. The lowest BCUT2D eigenvalue weighted by atomic mass is 10.2. The molecule has 0 spiro atoms. The molecule has 1 aromatic carbocycles. The molecule has 104 valence electrons. The summed E-state index contributed by atoms with van der Waals surface area (Å²) in [6.45, 7) is 2.78. The van der Waals surface area contributed by atoms with Crippen LogP contribution in [0.25, 0.3) is 0 Å². The number of nitro benzene ring substituents is 1. The number of rotatable bonds is 6. The molecule has 6 heteroatoms. The van der Waals surface area contributed by atoms with E-state index in [-0.39, 0.29) is 10.6 Å². The first-order chi connectivity index (χ1) is 9.22. The summed E-state index contributed by atoms with van der Waals surface area (Å²) in [5.41, 5.74) is 1.38. The highest BCUT2D eigenvalue weighted by Gasteiger charge is 2.23. The molecule has 1 aromatic rings. The molecular formula is C13H19N3O2S. The van der Waals surface area contributed by atoms with Gasteiger partial charge in [-0.25, -0.2) is 0 Å². The number of para-hydroxylation sites is 1. The van der Waals surface area contributed by atoms with Crippen LogP contribution in [0.2, 0.25) is 0 Å². The van der Waals surface area contributed by atoms with Gasteiger partial charge in [-0.2, -0.15) is 11.8 Å². The molecule has 19 heavy (non-hydrogen) atoms. The van der Waals surface area contributed by atoms with E-state index in [4.69, 9.17) is 0 Å². The van der Waals surface area contributed by atoms with Crippen LogP contribution in [0, 0.1) is 10.1 Å². The number of nitrogens with one attached hydrogen (secondary N) is 2. The summed E-state index contributed by atoms with van der Waals surface area (Å²) >= 11 is 1.89. The van der Waals surface area contributed by atoms with Crippen LogP contribution in [0.4, 0.5) is 17.1 Å². The molecule has 0 amide bonds. The maximum Gasteiger partial charge on any atom is 0.315 e. The number of nitrogens with zero attached hydrogens (tertiary/aromatic N) is 1. The number of nitro groups is 1. The Morgan fingerprint density at radius 2 is 2.26 bits per heavy atom. The summed E-state index contributed by atoms with van der Waals surface area (Å²) in [4.78, 5) is 11.0. The summed E-state index contributed by atoms with van der Waals surface area (Å²) in [5, 5.41) is 17.7. The van der Waals surface area contributed by atoms with Gasteiger partial charge in [0.05, 0.1) is 4.92 Å². The Balaban J connectivity index is 2.22. The van der Waals surface area contributed by atoms with Crippen LogP contribution in [-0.2, 0) is 0 Å². The molecule has 0 radical (unpaired) electrons. The van der Waals surface area contributed by atoms with Crippen molar-refractivity contribution in [2.45, 2.75) is 25.8 Å². The zero-order chi connectivity index (χ0) is 13.7. The van der Waals surface area contributed by atoms with Gasteiger partial charge < -0.3 is 10.6 Å². The van der Waals surface area contributed by atoms with Crippen LogP contribution in [0.15, 0.2) is 18.2 Å². The van der Waals surface area contributed by atoms with Crippen molar-refractivity contribution in [1.82, 2.24) is 0 Å². The average Bonchev–Trinajstić information content (AvgIpc) is 2.89. The number of hydrogen-bond donors (Lipinski definition) is 2. The molecule has 5 nitrogen and oxygen atoms in total. The van der Waals surface area contributed by atoms with Crippen molar-refractivity contribution in [3.05, 3.63) is 28.3 Å². The predicted molar refractivity (Wildman–Crippen MR) is 81.2 cm³/mol. The SMILES string of the molecule is CCCNc1cccc(NC2CCSC2)c1[N+](=O)[O-]. The van der Waals surface area contributed by atoms with E-state index in [9.17, 15) is 10.1 Å². The fraction of sp³-hybridized carbons (Fsp3) is 0.538. The number of thioether (sulfide) groups is 1. The molecule has 2 rings (SSSR count). The molecule has 0 bridgehead atoms. The minimum atomic E-state index is -0.303. The lowest BCUT2D eigenvalue weighted by molar-refractivity contribution is -0.383. The first-order valence-electron chi connectivity index (χ1n) is 6.58. The first-order valence-corrected chi connectivity index (χ1v) is 7.73. The van der Waals surface area contributed by atoms with E-state index in [1.807, 2.05) is 24.8 Å². The van der Waals surface area contributed by atoms with E-state index in [0.29, 0.717) is 17.4 Å². The number of benzene rings is 1. The monoisotopic (exact) mass is 281 g/mol. The molecular weight excluding hydrogens is 262 g/mol. The Morgan fingerprint density at radius 3 is 2.89 bits per heavy atom. The highest BCUT2D eigenvalue weighted by molar-refractivity contribution is 7.99. The minimum Gasteiger partial charge on any atom is -0.379 e. The summed E-state index contributed by atoms with van der Waals surface area (Å²) in [5.74, 6) is 2.14. The summed E-state index contributed by atoms with van der Waals surface area (Å²) < 4.78 is 0. The molecule has 0 aromatic heterocycles. The number of hydrogen-bond acceptors (Lipinski definition) is 5. The molecule has 1 fully saturated rings. The van der Waals surface area contributed by atoms with Crippen molar-refractivity contribution in [1.29, 1.82) is 0 Å². The van der Waals surface area contributed by atoms with E-state index in [1.165, 1.54) is 0 Å². The third-order valence-corrected chi connectivity index (χ3v) is 4.24. The van der Waals surface area contributed by atoms with Crippen LogP contribution < -0.4 is 10.6 Å². The van der Waals surface area contributed by atoms with Gasteiger partial charge in [-0.3, -0.25) is 10.1 Å². The molecule has 1 heterocycles. The van der Waals surface area contributed by atoms with Gasteiger partial charge in [0.1, 0.15) is 11.4 Å². The maximum atomic E-state index is 11.3. The smallest absolute Gasteiger partial charge is 0.315 e. The Hall–Kier alpha value is -1.43. The van der Waals surface area contributed by atoms with E-state index >= 15 is 0 Å². The quantitative estimate of drug-likeness (QED) is 0.618. The lowest BCUT2D eigenvalue weighted by Crippen LogP contribution is -2.19. The molecule has 0 saturated carbocycles. The van der Waals surface area contributed by atoms with Crippen molar-refractivity contribution in [3.63, 3.8) is 0 Å². The second-order valence-electron chi connectivity index (χ2n) is 4.59. The van der Waals surface area contributed by atoms with Crippen molar-refractivity contribution in [3.8, 4) is 0 Å². The van der Waals surface area contributed by atoms with Crippen LogP contribution in [0.3, 0.4) is 0 Å². The standard InChI is InChI=1S/C13H19N3O2S/c1-2-7-14-11-4-3-5-12(13(11)16(17)18)15-10-6-8-19-9-10/h3-5,10,14-15H,2,6-9H2,1H3. The predicted octanol–water partition coefficient (Wildman–Crippen LogP) is 3.33. The van der Waals surface area contributed by atoms with Gasteiger partial charge in [0.2, 0.25) is 0 Å². The van der Waals surface area contributed by atoms with Gasteiger partial charge in [0.15, 0.2) is 0 Å². The van der Waals surface area contributed by atoms with Crippen LogP contribution in [-0.4, -0.2) is 29.0 Å².